The van der Waals surface area contributed by atoms with Crippen LogP contribution in [0.4, 0.5) is 0 Å². The Morgan fingerprint density at radius 1 is 0.593 bits per heavy atom. The lowest BCUT2D eigenvalue weighted by atomic mass is 9.87. The van der Waals surface area contributed by atoms with E-state index in [0.717, 1.165) is 0 Å². The van der Waals surface area contributed by atoms with Crippen LogP contribution in [-0.4, -0.2) is 21.9 Å². The highest BCUT2D eigenvalue weighted by Crippen LogP contribution is 2.35. The van der Waals surface area contributed by atoms with E-state index in [-0.39, 0.29) is 18.5 Å². The third-order valence-electron chi connectivity index (χ3n) is 4.49. The second kappa shape index (κ2) is 8.16. The molecule has 0 N–H and O–H groups in total. The number of methoxy groups -OCH3 is 2. The molecule has 4 nitrogen and oxygen atoms in total. The molecule has 2 rings (SSSR count). The van der Waals surface area contributed by atoms with Gasteiger partial charge in [0.1, 0.15) is 11.5 Å². The molecule has 0 radical (unpaired) electrons. The standard InChI is InChI=1S/C22H31BO4/c1-21(2,3)15-9-11-17(24-7)19(13-15)26-23-27-20-14-16(22(4,5)6)10-12-18(20)25-8/h9-14,23H,1-8H3. The Balaban J connectivity index is 2.19. The number of hydrogen-bond acceptors (Lipinski definition) is 4. The third-order valence-corrected chi connectivity index (χ3v) is 4.49. The van der Waals surface area contributed by atoms with Gasteiger partial charge in [0.2, 0.25) is 0 Å². The van der Waals surface area contributed by atoms with E-state index in [2.05, 4.69) is 53.7 Å². The van der Waals surface area contributed by atoms with E-state index < -0.39 is 0 Å². The van der Waals surface area contributed by atoms with Gasteiger partial charge in [-0.25, -0.2) is 0 Å². The molecule has 0 amide bonds. The predicted octanol–water partition coefficient (Wildman–Crippen LogP) is 5.02. The molecule has 0 saturated carbocycles. The van der Waals surface area contributed by atoms with Gasteiger partial charge in [-0.1, -0.05) is 53.7 Å². The summed E-state index contributed by atoms with van der Waals surface area (Å²) >= 11 is 0. The average molecular weight is 370 g/mol. The van der Waals surface area contributed by atoms with E-state index in [4.69, 9.17) is 18.8 Å². The zero-order valence-corrected chi connectivity index (χ0v) is 17.8. The summed E-state index contributed by atoms with van der Waals surface area (Å²) in [5, 5.41) is 0. The molecular weight excluding hydrogens is 339 g/mol. The Bertz CT molecular complexity index is 707. The quantitative estimate of drug-likeness (QED) is 0.669. The number of rotatable bonds is 6. The maximum Gasteiger partial charge on any atom is 0.576 e. The van der Waals surface area contributed by atoms with Crippen LogP contribution in [0, 0.1) is 0 Å². The number of benzene rings is 2. The van der Waals surface area contributed by atoms with Gasteiger partial charge in [0.25, 0.3) is 0 Å². The molecule has 0 atom stereocenters. The molecule has 0 heterocycles. The van der Waals surface area contributed by atoms with Crippen molar-refractivity contribution in [3.8, 4) is 23.0 Å². The molecule has 2 aromatic rings. The van der Waals surface area contributed by atoms with Crippen molar-refractivity contribution < 1.29 is 18.8 Å². The molecule has 0 aliphatic rings. The Hall–Kier alpha value is -2.30. The van der Waals surface area contributed by atoms with Gasteiger partial charge in [0.05, 0.1) is 14.2 Å². The maximum absolute atomic E-state index is 5.89. The summed E-state index contributed by atoms with van der Waals surface area (Å²) < 4.78 is 22.6. The van der Waals surface area contributed by atoms with E-state index >= 15 is 0 Å². The molecule has 0 saturated heterocycles. The molecule has 0 bridgehead atoms. The summed E-state index contributed by atoms with van der Waals surface area (Å²) in [6.07, 6.45) is 0. The summed E-state index contributed by atoms with van der Waals surface area (Å²) in [4.78, 5) is 0. The molecule has 0 fully saturated rings. The minimum absolute atomic E-state index is 0.0233. The third kappa shape index (κ3) is 5.35. The highest BCUT2D eigenvalue weighted by molar-refractivity contribution is 6.21. The van der Waals surface area contributed by atoms with E-state index in [1.807, 2.05) is 24.3 Å². The largest absolute Gasteiger partial charge is 0.576 e. The smallest absolute Gasteiger partial charge is 0.526 e. The van der Waals surface area contributed by atoms with Crippen LogP contribution in [0.5, 0.6) is 23.0 Å². The summed E-state index contributed by atoms with van der Waals surface area (Å²) in [7, 11) is 3.33. The zero-order valence-electron chi connectivity index (χ0n) is 17.8. The first-order chi connectivity index (χ1) is 12.6. The van der Waals surface area contributed by atoms with Gasteiger partial charge in [0, 0.05) is 0 Å². The molecule has 0 spiro atoms. The molecule has 0 aliphatic carbocycles. The van der Waals surface area contributed by atoms with Crippen molar-refractivity contribution in [3.05, 3.63) is 47.5 Å². The predicted molar refractivity (Wildman–Crippen MR) is 112 cm³/mol. The lowest BCUT2D eigenvalue weighted by Gasteiger charge is -2.22. The van der Waals surface area contributed by atoms with Crippen molar-refractivity contribution in [1.29, 1.82) is 0 Å². The normalized spacial score (nSPS) is 11.7. The highest BCUT2D eigenvalue weighted by Gasteiger charge is 2.19. The monoisotopic (exact) mass is 370 g/mol. The van der Waals surface area contributed by atoms with Crippen LogP contribution in [0.2, 0.25) is 0 Å². The fourth-order valence-electron chi connectivity index (χ4n) is 2.67. The Morgan fingerprint density at radius 3 is 1.26 bits per heavy atom. The SMILES string of the molecule is COc1ccc(C(C)(C)C)cc1OBOc1cc(C(C)(C)C)ccc1OC. The lowest BCUT2D eigenvalue weighted by Crippen LogP contribution is -2.16. The second-order valence-electron chi connectivity index (χ2n) is 8.64. The first kappa shape index (κ1) is 21.0. The Morgan fingerprint density at radius 2 is 0.963 bits per heavy atom. The summed E-state index contributed by atoms with van der Waals surface area (Å²) in [5.74, 6) is 2.69. The van der Waals surface area contributed by atoms with Crippen LogP contribution in [-0.2, 0) is 10.8 Å². The van der Waals surface area contributed by atoms with E-state index in [9.17, 15) is 0 Å². The van der Waals surface area contributed by atoms with Gasteiger partial charge >= 0.3 is 7.69 Å². The minimum atomic E-state index is 0.0233. The van der Waals surface area contributed by atoms with Gasteiger partial charge < -0.3 is 18.8 Å². The van der Waals surface area contributed by atoms with Gasteiger partial charge in [0.15, 0.2) is 11.5 Å². The van der Waals surface area contributed by atoms with Crippen molar-refractivity contribution in [2.24, 2.45) is 0 Å². The van der Waals surface area contributed by atoms with Crippen molar-refractivity contribution in [1.82, 2.24) is 0 Å². The molecule has 2 aromatic carbocycles. The van der Waals surface area contributed by atoms with Crippen molar-refractivity contribution in [3.63, 3.8) is 0 Å². The second-order valence-corrected chi connectivity index (χ2v) is 8.64. The summed E-state index contributed by atoms with van der Waals surface area (Å²) in [6, 6.07) is 12.0. The fraction of sp³-hybridized carbons (Fsp3) is 0.455. The number of ether oxygens (including phenoxy) is 2. The van der Waals surface area contributed by atoms with Crippen LogP contribution < -0.4 is 18.8 Å². The van der Waals surface area contributed by atoms with E-state index in [0.29, 0.717) is 23.0 Å². The van der Waals surface area contributed by atoms with E-state index in [1.165, 1.54) is 11.1 Å². The summed E-state index contributed by atoms with van der Waals surface area (Å²) in [6.45, 7) is 13.0. The van der Waals surface area contributed by atoms with Gasteiger partial charge in [-0.3, -0.25) is 0 Å². The van der Waals surface area contributed by atoms with Gasteiger partial charge in [-0.05, 0) is 46.2 Å². The molecule has 27 heavy (non-hydrogen) atoms. The molecule has 0 aliphatic heterocycles. The van der Waals surface area contributed by atoms with Crippen LogP contribution in [0.25, 0.3) is 0 Å². The first-order valence-electron chi connectivity index (χ1n) is 9.19. The van der Waals surface area contributed by atoms with Crippen molar-refractivity contribution in [2.45, 2.75) is 52.4 Å². The molecule has 146 valence electrons. The summed E-state index contributed by atoms with van der Waals surface area (Å²) in [5.41, 5.74) is 2.39. The van der Waals surface area contributed by atoms with E-state index in [1.54, 1.807) is 14.2 Å². The maximum atomic E-state index is 5.89. The van der Waals surface area contributed by atoms with Crippen LogP contribution >= 0.6 is 0 Å². The Kier molecular flexibility index (Phi) is 6.35. The van der Waals surface area contributed by atoms with Gasteiger partial charge in [-0.2, -0.15) is 0 Å². The molecule has 0 aromatic heterocycles. The number of hydrogen-bond donors (Lipinski definition) is 0. The average Bonchev–Trinajstić information content (AvgIpc) is 2.60. The zero-order chi connectivity index (χ0) is 20.2. The van der Waals surface area contributed by atoms with Crippen molar-refractivity contribution in [2.75, 3.05) is 14.2 Å². The van der Waals surface area contributed by atoms with Crippen LogP contribution in [0.3, 0.4) is 0 Å². The van der Waals surface area contributed by atoms with Crippen LogP contribution in [0.15, 0.2) is 36.4 Å². The minimum Gasteiger partial charge on any atom is -0.526 e. The van der Waals surface area contributed by atoms with Crippen molar-refractivity contribution >= 4 is 7.69 Å². The topological polar surface area (TPSA) is 36.9 Å². The van der Waals surface area contributed by atoms with Gasteiger partial charge in [-0.15, -0.1) is 0 Å². The lowest BCUT2D eigenvalue weighted by molar-refractivity contribution is 0.368. The highest BCUT2D eigenvalue weighted by atomic mass is 16.6. The molecule has 0 unspecified atom stereocenters. The van der Waals surface area contributed by atoms with Crippen LogP contribution in [0.1, 0.15) is 52.7 Å². The molecule has 5 heteroatoms. The fourth-order valence-corrected chi connectivity index (χ4v) is 2.67. The Labute approximate surface area is 164 Å². The molecular formula is C22H31BO4. The first-order valence-corrected chi connectivity index (χ1v) is 9.19.